The van der Waals surface area contributed by atoms with E-state index in [0.29, 0.717) is 6.04 Å². The van der Waals surface area contributed by atoms with Gasteiger partial charge >= 0.3 is 0 Å². The molecule has 1 aromatic rings. The molecule has 88 valence electrons. The Morgan fingerprint density at radius 1 is 1.44 bits per heavy atom. The first-order chi connectivity index (χ1) is 7.78. The van der Waals surface area contributed by atoms with E-state index in [4.69, 9.17) is 4.74 Å². The molecule has 0 spiro atoms. The first kappa shape index (κ1) is 11.3. The fourth-order valence-corrected chi connectivity index (χ4v) is 2.23. The molecule has 16 heavy (non-hydrogen) atoms. The zero-order chi connectivity index (χ0) is 11.4. The van der Waals surface area contributed by atoms with Crippen LogP contribution in [0, 0.1) is 0 Å². The first-order valence-electron chi connectivity index (χ1n) is 5.87. The molecule has 1 aliphatic rings. The van der Waals surface area contributed by atoms with Crippen LogP contribution in [0.15, 0.2) is 24.3 Å². The third-order valence-corrected chi connectivity index (χ3v) is 3.07. The molecule has 0 aromatic heterocycles. The summed E-state index contributed by atoms with van der Waals surface area (Å²) in [6, 6.07) is 8.70. The molecule has 0 radical (unpaired) electrons. The van der Waals surface area contributed by atoms with Gasteiger partial charge in [-0.25, -0.2) is 0 Å². The second-order valence-electron chi connectivity index (χ2n) is 4.48. The Labute approximate surface area is 97.4 Å². The normalized spacial score (nSPS) is 21.8. The molecular weight excluding hydrogens is 200 g/mol. The van der Waals surface area contributed by atoms with Crippen LogP contribution in [0.1, 0.15) is 12.8 Å². The fraction of sp³-hybridized carbons (Fsp3) is 0.538. The van der Waals surface area contributed by atoms with Gasteiger partial charge in [-0.1, -0.05) is 6.07 Å². The number of likely N-dealkylation sites (tertiary alicyclic amines) is 1. The quantitative estimate of drug-likeness (QED) is 0.845. The maximum Gasteiger partial charge on any atom is 0.120 e. The zero-order valence-electron chi connectivity index (χ0n) is 10.1. The molecule has 1 saturated heterocycles. The SMILES string of the molecule is COc1cccc(NC2CCCN(C)C2)c1. The average Bonchev–Trinajstić information content (AvgIpc) is 2.29. The third kappa shape index (κ3) is 2.89. The maximum absolute atomic E-state index is 5.21. The number of likely N-dealkylation sites (N-methyl/N-ethyl adjacent to an activating group) is 1. The van der Waals surface area contributed by atoms with Gasteiger partial charge in [0.1, 0.15) is 5.75 Å². The predicted octanol–water partition coefficient (Wildman–Crippen LogP) is 2.20. The molecule has 1 aromatic carbocycles. The largest absolute Gasteiger partial charge is 0.497 e. The molecule has 1 N–H and O–H groups in total. The second-order valence-corrected chi connectivity index (χ2v) is 4.48. The van der Waals surface area contributed by atoms with E-state index < -0.39 is 0 Å². The van der Waals surface area contributed by atoms with Crippen LogP contribution in [-0.2, 0) is 0 Å². The van der Waals surface area contributed by atoms with E-state index >= 15 is 0 Å². The summed E-state index contributed by atoms with van der Waals surface area (Å²) in [5.74, 6) is 0.911. The van der Waals surface area contributed by atoms with Crippen molar-refractivity contribution in [3.8, 4) is 5.75 Å². The topological polar surface area (TPSA) is 24.5 Å². The van der Waals surface area contributed by atoms with Crippen molar-refractivity contribution in [2.24, 2.45) is 0 Å². The van der Waals surface area contributed by atoms with E-state index in [1.807, 2.05) is 12.1 Å². The molecule has 0 saturated carbocycles. The van der Waals surface area contributed by atoms with Gasteiger partial charge < -0.3 is 15.0 Å². The van der Waals surface area contributed by atoms with Crippen LogP contribution in [-0.4, -0.2) is 38.2 Å². The molecule has 0 aliphatic carbocycles. The number of anilines is 1. The minimum absolute atomic E-state index is 0.561. The van der Waals surface area contributed by atoms with Gasteiger partial charge in [-0.15, -0.1) is 0 Å². The molecule has 1 aliphatic heterocycles. The summed E-state index contributed by atoms with van der Waals surface area (Å²) in [5.41, 5.74) is 1.15. The number of benzene rings is 1. The number of piperidine rings is 1. The molecular formula is C13H20N2O. The van der Waals surface area contributed by atoms with Crippen molar-refractivity contribution in [2.75, 3.05) is 32.6 Å². The van der Waals surface area contributed by atoms with E-state index in [1.54, 1.807) is 7.11 Å². The van der Waals surface area contributed by atoms with Gasteiger partial charge in [0, 0.05) is 24.3 Å². The highest BCUT2D eigenvalue weighted by Crippen LogP contribution is 2.19. The van der Waals surface area contributed by atoms with Gasteiger partial charge in [0.05, 0.1) is 7.11 Å². The van der Waals surface area contributed by atoms with E-state index in [-0.39, 0.29) is 0 Å². The average molecular weight is 220 g/mol. The molecule has 1 heterocycles. The highest BCUT2D eigenvalue weighted by molar-refractivity contribution is 5.48. The van der Waals surface area contributed by atoms with Crippen LogP contribution < -0.4 is 10.1 Å². The molecule has 3 nitrogen and oxygen atoms in total. The standard InChI is InChI=1S/C13H20N2O/c1-15-8-4-6-12(10-15)14-11-5-3-7-13(9-11)16-2/h3,5,7,9,12,14H,4,6,8,10H2,1-2H3. The minimum Gasteiger partial charge on any atom is -0.497 e. The van der Waals surface area contributed by atoms with Crippen LogP contribution in [0.3, 0.4) is 0 Å². The third-order valence-electron chi connectivity index (χ3n) is 3.07. The van der Waals surface area contributed by atoms with Gasteiger partial charge in [0.25, 0.3) is 0 Å². The Kier molecular flexibility index (Phi) is 3.67. The molecule has 1 unspecified atom stereocenters. The Balaban J connectivity index is 1.97. The molecule has 1 atom stereocenters. The summed E-state index contributed by atoms with van der Waals surface area (Å²) in [4.78, 5) is 2.38. The lowest BCUT2D eigenvalue weighted by atomic mass is 10.1. The Bertz CT molecular complexity index is 340. The number of nitrogens with one attached hydrogen (secondary N) is 1. The highest BCUT2D eigenvalue weighted by Gasteiger charge is 2.16. The summed E-state index contributed by atoms with van der Waals surface area (Å²) in [7, 11) is 3.88. The monoisotopic (exact) mass is 220 g/mol. The number of hydrogen-bond donors (Lipinski definition) is 1. The van der Waals surface area contributed by atoms with Crippen molar-refractivity contribution in [1.82, 2.24) is 4.90 Å². The molecule has 0 amide bonds. The van der Waals surface area contributed by atoms with Crippen molar-refractivity contribution >= 4 is 5.69 Å². The number of ether oxygens (including phenoxy) is 1. The van der Waals surface area contributed by atoms with Crippen LogP contribution in [0.25, 0.3) is 0 Å². The summed E-state index contributed by atoms with van der Waals surface area (Å²) in [5, 5.41) is 3.56. The van der Waals surface area contributed by atoms with Gasteiger partial charge in [-0.2, -0.15) is 0 Å². The number of methoxy groups -OCH3 is 1. The van der Waals surface area contributed by atoms with Crippen molar-refractivity contribution < 1.29 is 4.74 Å². The Morgan fingerprint density at radius 3 is 3.06 bits per heavy atom. The van der Waals surface area contributed by atoms with Gasteiger partial charge in [0.2, 0.25) is 0 Å². The van der Waals surface area contributed by atoms with Crippen molar-refractivity contribution in [2.45, 2.75) is 18.9 Å². The van der Waals surface area contributed by atoms with Gasteiger partial charge in [-0.05, 0) is 38.6 Å². The summed E-state index contributed by atoms with van der Waals surface area (Å²) < 4.78 is 5.21. The van der Waals surface area contributed by atoms with Crippen LogP contribution in [0.4, 0.5) is 5.69 Å². The Hall–Kier alpha value is -1.22. The lowest BCUT2D eigenvalue weighted by Crippen LogP contribution is -2.39. The minimum atomic E-state index is 0.561. The highest BCUT2D eigenvalue weighted by atomic mass is 16.5. The van der Waals surface area contributed by atoms with Crippen molar-refractivity contribution in [3.63, 3.8) is 0 Å². The first-order valence-corrected chi connectivity index (χ1v) is 5.87. The van der Waals surface area contributed by atoms with E-state index in [1.165, 1.54) is 19.4 Å². The molecule has 3 heteroatoms. The lowest BCUT2D eigenvalue weighted by molar-refractivity contribution is 0.261. The van der Waals surface area contributed by atoms with Crippen LogP contribution in [0.2, 0.25) is 0 Å². The lowest BCUT2D eigenvalue weighted by Gasteiger charge is -2.30. The second kappa shape index (κ2) is 5.21. The van der Waals surface area contributed by atoms with Crippen molar-refractivity contribution in [1.29, 1.82) is 0 Å². The summed E-state index contributed by atoms with van der Waals surface area (Å²) >= 11 is 0. The molecule has 0 bridgehead atoms. The van der Waals surface area contributed by atoms with Crippen LogP contribution >= 0.6 is 0 Å². The van der Waals surface area contributed by atoms with Gasteiger partial charge in [-0.3, -0.25) is 0 Å². The van der Waals surface area contributed by atoms with E-state index in [9.17, 15) is 0 Å². The van der Waals surface area contributed by atoms with Gasteiger partial charge in [0.15, 0.2) is 0 Å². The van der Waals surface area contributed by atoms with Crippen LogP contribution in [0.5, 0.6) is 5.75 Å². The number of nitrogens with zero attached hydrogens (tertiary/aromatic N) is 1. The Morgan fingerprint density at radius 2 is 2.31 bits per heavy atom. The maximum atomic E-state index is 5.21. The molecule has 2 rings (SSSR count). The smallest absolute Gasteiger partial charge is 0.120 e. The number of hydrogen-bond acceptors (Lipinski definition) is 3. The predicted molar refractivity (Wildman–Crippen MR) is 67.1 cm³/mol. The summed E-state index contributed by atoms with van der Waals surface area (Å²) in [6.45, 7) is 2.34. The molecule has 1 fully saturated rings. The van der Waals surface area contributed by atoms with E-state index in [0.717, 1.165) is 18.0 Å². The number of rotatable bonds is 3. The van der Waals surface area contributed by atoms with E-state index in [2.05, 4.69) is 29.4 Å². The van der Waals surface area contributed by atoms with Crippen molar-refractivity contribution in [3.05, 3.63) is 24.3 Å². The summed E-state index contributed by atoms with van der Waals surface area (Å²) in [6.07, 6.45) is 2.53. The zero-order valence-corrected chi connectivity index (χ0v) is 10.1. The fourth-order valence-electron chi connectivity index (χ4n) is 2.23.